The highest BCUT2D eigenvalue weighted by Gasteiger charge is 2.67. The van der Waals surface area contributed by atoms with Gasteiger partial charge in [-0.05, 0) is 73.1 Å². The Morgan fingerprint density at radius 3 is 2.36 bits per heavy atom. The highest BCUT2D eigenvalue weighted by atomic mass is 28.4. The summed E-state index contributed by atoms with van der Waals surface area (Å²) < 4.78 is 8.48. The second-order valence-corrected chi connectivity index (χ2v) is 18.3. The van der Waals surface area contributed by atoms with Gasteiger partial charge in [0.15, 0.2) is 13.9 Å². The van der Waals surface area contributed by atoms with E-state index in [0.29, 0.717) is 46.5 Å². The maximum Gasteiger partial charge on any atom is 0.279 e. The van der Waals surface area contributed by atoms with Gasteiger partial charge in [-0.2, -0.15) is 0 Å². The molecule has 1 saturated heterocycles. The lowest BCUT2D eigenvalue weighted by Crippen LogP contribution is -2.48. The van der Waals surface area contributed by atoms with Crippen molar-refractivity contribution in [2.75, 3.05) is 11.5 Å². The molecule has 8 rings (SSSR count). The normalized spacial score (nSPS) is 24.6. The number of ether oxygens (including phenoxy) is 1. The SMILES string of the molecule is C[C@H]1[C@H]([Si](C)(C)O)[C@@H](CC(=O)N2Cc3ccccc3C[C@H]2CO)O[C@]12C(=O)N(c1ccccc1)c1ccc(-n3[nH]c4ccccc4c3=O)cc12. The molecule has 3 aliphatic heterocycles. The van der Waals surface area contributed by atoms with Gasteiger partial charge in [0.05, 0.1) is 47.5 Å². The largest absolute Gasteiger partial charge is 0.432 e. The lowest BCUT2D eigenvalue weighted by Gasteiger charge is -2.37. The molecule has 0 radical (unpaired) electrons. The van der Waals surface area contributed by atoms with Crippen LogP contribution in [0, 0.1) is 5.92 Å². The summed E-state index contributed by atoms with van der Waals surface area (Å²) in [7, 11) is -3.08. The van der Waals surface area contributed by atoms with Gasteiger partial charge < -0.3 is 19.5 Å². The van der Waals surface area contributed by atoms with E-state index in [9.17, 15) is 19.5 Å². The molecule has 1 aromatic heterocycles. The van der Waals surface area contributed by atoms with Gasteiger partial charge in [0.2, 0.25) is 5.91 Å². The second-order valence-electron chi connectivity index (χ2n) is 14.4. The summed E-state index contributed by atoms with van der Waals surface area (Å²) in [6.45, 7) is 5.79. The zero-order chi connectivity index (χ0) is 34.9. The lowest BCUT2D eigenvalue weighted by molar-refractivity contribution is -0.150. The van der Waals surface area contributed by atoms with Crippen LogP contribution >= 0.6 is 0 Å². The van der Waals surface area contributed by atoms with Crippen molar-refractivity contribution in [2.24, 2.45) is 5.92 Å². The number of rotatable bonds is 6. The van der Waals surface area contributed by atoms with Gasteiger partial charge in [0.25, 0.3) is 11.5 Å². The van der Waals surface area contributed by atoms with Gasteiger partial charge >= 0.3 is 0 Å². The number of nitrogens with one attached hydrogen (secondary N) is 1. The Morgan fingerprint density at radius 2 is 1.64 bits per heavy atom. The summed E-state index contributed by atoms with van der Waals surface area (Å²) in [5, 5.41) is 14.1. The molecule has 50 heavy (non-hydrogen) atoms. The highest BCUT2D eigenvalue weighted by Crippen LogP contribution is 2.61. The topological polar surface area (TPSA) is 128 Å². The minimum Gasteiger partial charge on any atom is -0.432 e. The van der Waals surface area contributed by atoms with Crippen molar-refractivity contribution < 1.29 is 24.2 Å². The highest BCUT2D eigenvalue weighted by molar-refractivity contribution is 6.71. The fourth-order valence-electron chi connectivity index (χ4n) is 8.74. The van der Waals surface area contributed by atoms with E-state index in [1.54, 1.807) is 15.9 Å². The van der Waals surface area contributed by atoms with E-state index in [1.807, 2.05) is 111 Å². The summed E-state index contributed by atoms with van der Waals surface area (Å²) in [6.07, 6.45) is -0.281. The van der Waals surface area contributed by atoms with Crippen LogP contribution in [-0.4, -0.2) is 63.5 Å². The molecular formula is C39H40N4O6Si. The number of para-hydroxylation sites is 2. The first-order valence-electron chi connectivity index (χ1n) is 17.1. The van der Waals surface area contributed by atoms with Crippen molar-refractivity contribution in [3.8, 4) is 5.69 Å². The minimum atomic E-state index is -3.08. The Morgan fingerprint density at radius 1 is 0.940 bits per heavy atom. The van der Waals surface area contributed by atoms with Gasteiger partial charge in [0.1, 0.15) is 0 Å². The average Bonchev–Trinajstić information content (AvgIpc) is 3.70. The Kier molecular flexibility index (Phi) is 7.72. The van der Waals surface area contributed by atoms with Crippen LogP contribution in [-0.2, 0) is 32.9 Å². The van der Waals surface area contributed by atoms with E-state index in [-0.39, 0.29) is 36.4 Å². The third kappa shape index (κ3) is 4.90. The number of benzene rings is 4. The third-order valence-electron chi connectivity index (χ3n) is 11.0. The number of carbonyl (C=O) groups is 2. The number of H-pyrrole nitrogens is 1. The molecule has 0 unspecified atom stereocenters. The number of aliphatic hydroxyl groups excluding tert-OH is 1. The van der Waals surface area contributed by atoms with Crippen molar-refractivity contribution in [3.05, 3.63) is 124 Å². The average molecular weight is 689 g/mol. The molecule has 0 saturated carbocycles. The third-order valence-corrected chi connectivity index (χ3v) is 13.5. The molecule has 0 bridgehead atoms. The van der Waals surface area contributed by atoms with E-state index < -0.39 is 31.5 Å². The van der Waals surface area contributed by atoms with Crippen molar-refractivity contribution in [3.63, 3.8) is 0 Å². The number of fused-ring (bicyclic) bond motifs is 4. The molecular weight excluding hydrogens is 649 g/mol. The zero-order valence-electron chi connectivity index (χ0n) is 28.2. The molecule has 256 valence electrons. The predicted molar refractivity (Wildman–Crippen MR) is 193 cm³/mol. The Bertz CT molecular complexity index is 2190. The zero-order valence-corrected chi connectivity index (χ0v) is 29.2. The first kappa shape index (κ1) is 32.4. The molecule has 5 aromatic rings. The summed E-state index contributed by atoms with van der Waals surface area (Å²) in [6, 6.07) is 29.7. The van der Waals surface area contributed by atoms with E-state index in [4.69, 9.17) is 4.74 Å². The number of aliphatic hydroxyl groups is 1. The molecule has 4 heterocycles. The summed E-state index contributed by atoms with van der Waals surface area (Å²) in [5.41, 5.74) is 3.01. The van der Waals surface area contributed by atoms with Crippen LogP contribution in [0.25, 0.3) is 16.6 Å². The quantitative estimate of drug-likeness (QED) is 0.212. The number of aromatic amines is 1. The molecule has 0 aliphatic carbocycles. The van der Waals surface area contributed by atoms with E-state index >= 15 is 4.79 Å². The fraction of sp³-hybridized carbons (Fsp3) is 0.308. The molecule has 1 spiro atoms. The van der Waals surface area contributed by atoms with E-state index in [2.05, 4.69) is 5.10 Å². The Balaban J connectivity index is 1.23. The van der Waals surface area contributed by atoms with Crippen LogP contribution in [0.15, 0.2) is 102 Å². The number of nitrogens with zero attached hydrogens (tertiary/aromatic N) is 3. The number of hydrogen-bond donors (Lipinski definition) is 3. The minimum absolute atomic E-state index is 0.0540. The maximum absolute atomic E-state index is 15.0. The number of aromatic nitrogens is 2. The molecule has 5 atom stereocenters. The van der Waals surface area contributed by atoms with Gasteiger partial charge in [-0.25, -0.2) is 4.68 Å². The van der Waals surface area contributed by atoms with E-state index in [1.165, 1.54) is 4.68 Å². The summed E-state index contributed by atoms with van der Waals surface area (Å²) in [5.74, 6) is -1.01. The van der Waals surface area contributed by atoms with Crippen LogP contribution in [0.4, 0.5) is 11.4 Å². The molecule has 4 aromatic carbocycles. The van der Waals surface area contributed by atoms with Crippen LogP contribution in [0.5, 0.6) is 0 Å². The van der Waals surface area contributed by atoms with Crippen molar-refractivity contribution in [1.29, 1.82) is 0 Å². The van der Waals surface area contributed by atoms with Crippen molar-refractivity contribution in [1.82, 2.24) is 14.7 Å². The first-order valence-corrected chi connectivity index (χ1v) is 20.2. The number of hydrogen-bond acceptors (Lipinski definition) is 6. The van der Waals surface area contributed by atoms with Gasteiger partial charge in [0, 0.05) is 29.3 Å². The Labute approximate surface area is 290 Å². The maximum atomic E-state index is 15.0. The van der Waals surface area contributed by atoms with Gasteiger partial charge in [-0.3, -0.25) is 24.4 Å². The smallest absolute Gasteiger partial charge is 0.279 e. The predicted octanol–water partition coefficient (Wildman–Crippen LogP) is 5.13. The second kappa shape index (κ2) is 11.9. The van der Waals surface area contributed by atoms with Crippen LogP contribution in [0.2, 0.25) is 18.6 Å². The Hall–Kier alpha value is -4.81. The molecule has 3 aliphatic rings. The molecule has 10 nitrogen and oxygen atoms in total. The monoisotopic (exact) mass is 688 g/mol. The molecule has 3 N–H and O–H groups in total. The number of carbonyl (C=O) groups excluding carboxylic acids is 2. The molecule has 2 amide bonds. The van der Waals surface area contributed by atoms with Gasteiger partial charge in [-0.15, -0.1) is 0 Å². The summed E-state index contributed by atoms with van der Waals surface area (Å²) >= 11 is 0. The van der Waals surface area contributed by atoms with Crippen LogP contribution in [0.3, 0.4) is 0 Å². The van der Waals surface area contributed by atoms with Crippen molar-refractivity contribution >= 4 is 42.4 Å². The van der Waals surface area contributed by atoms with Crippen molar-refractivity contribution in [2.45, 2.75) is 62.7 Å². The number of amides is 2. The first-order chi connectivity index (χ1) is 24.0. The fourth-order valence-corrected chi connectivity index (χ4v) is 11.3. The van der Waals surface area contributed by atoms with Crippen LogP contribution in [0.1, 0.15) is 30.0 Å². The lowest BCUT2D eigenvalue weighted by atomic mass is 9.82. The van der Waals surface area contributed by atoms with Gasteiger partial charge in [-0.1, -0.05) is 61.5 Å². The van der Waals surface area contributed by atoms with Crippen LogP contribution < -0.4 is 10.5 Å². The standard InChI is InChI=1S/C39H40N4O6Si/c1-24-36(50(2,3)48)34(21-35(45)41-22-26-12-8-7-11-25(26)19-29(41)23-44)49-39(24)31-20-28(43-37(46)30-15-9-10-16-32(30)40-43)17-18-33(31)42(38(39)47)27-13-5-4-6-14-27/h4-18,20,24,29,34,36,40,44,48H,19,21-23H2,1-3H3/t24-,29-,34+,36-,39+/m0/s1. The summed E-state index contributed by atoms with van der Waals surface area (Å²) in [4.78, 5) is 58.0. The number of anilines is 2. The molecule has 1 fully saturated rings. The molecule has 11 heteroatoms. The van der Waals surface area contributed by atoms with E-state index in [0.717, 1.165) is 11.1 Å².